The number of hydrogen-bond donors (Lipinski definition) is 1. The highest BCUT2D eigenvalue weighted by molar-refractivity contribution is 6.34. The number of hydrogen-bond acceptors (Lipinski definition) is 4. The topological polar surface area (TPSA) is 75.5 Å². The number of benzene rings is 1. The summed E-state index contributed by atoms with van der Waals surface area (Å²) in [6, 6.07) is 3.88. The Hall–Kier alpha value is -1.66. The van der Waals surface area contributed by atoms with E-state index in [1.165, 1.54) is 24.6 Å². The number of carbonyl (C=O) groups is 1. The summed E-state index contributed by atoms with van der Waals surface area (Å²) in [6.07, 6.45) is 2.15. The Balaban J connectivity index is 1.78. The fourth-order valence-corrected chi connectivity index (χ4v) is 3.64. The minimum absolute atomic E-state index is 0.0976. The molecule has 2 rings (SSSR count). The number of piperidine rings is 1. The molecule has 1 saturated heterocycles. The summed E-state index contributed by atoms with van der Waals surface area (Å²) in [7, 11) is 0. The van der Waals surface area contributed by atoms with E-state index < -0.39 is 4.92 Å². The van der Waals surface area contributed by atoms with Crippen molar-refractivity contribution in [2.45, 2.75) is 26.7 Å². The van der Waals surface area contributed by atoms with Crippen molar-refractivity contribution < 1.29 is 9.72 Å². The molecule has 1 aromatic carbocycles. The minimum atomic E-state index is -0.534. The van der Waals surface area contributed by atoms with E-state index >= 15 is 0 Å². The first-order valence-electron chi connectivity index (χ1n) is 8.31. The number of amides is 1. The Morgan fingerprint density at radius 1 is 1.38 bits per heavy atom. The Labute approximate surface area is 147 Å². The van der Waals surface area contributed by atoms with Gasteiger partial charge >= 0.3 is 0 Å². The fourth-order valence-electron chi connectivity index (χ4n) is 3.38. The van der Waals surface area contributed by atoms with Crippen LogP contribution in [-0.2, 0) is 0 Å². The minimum Gasteiger partial charge on any atom is -0.352 e. The van der Waals surface area contributed by atoms with Gasteiger partial charge in [-0.05, 0) is 37.3 Å². The Kier molecular flexibility index (Phi) is 6.57. The predicted octanol–water partition coefficient (Wildman–Crippen LogP) is 3.35. The van der Waals surface area contributed by atoms with Crippen LogP contribution in [0.3, 0.4) is 0 Å². The zero-order valence-corrected chi connectivity index (χ0v) is 14.9. The quantitative estimate of drug-likeness (QED) is 0.483. The van der Waals surface area contributed by atoms with Crippen molar-refractivity contribution in [2.75, 3.05) is 26.2 Å². The normalized spacial score (nSPS) is 21.5. The summed E-state index contributed by atoms with van der Waals surface area (Å²) in [5.74, 6) is 1.15. The summed E-state index contributed by atoms with van der Waals surface area (Å²) in [6.45, 7) is 8.31. The van der Waals surface area contributed by atoms with Gasteiger partial charge in [-0.25, -0.2) is 0 Å². The molecule has 0 aromatic heterocycles. The van der Waals surface area contributed by atoms with Gasteiger partial charge in [-0.3, -0.25) is 14.9 Å². The van der Waals surface area contributed by atoms with Gasteiger partial charge in [0.05, 0.1) is 15.5 Å². The van der Waals surface area contributed by atoms with Crippen LogP contribution in [0.5, 0.6) is 0 Å². The van der Waals surface area contributed by atoms with Crippen LogP contribution in [0.15, 0.2) is 18.2 Å². The van der Waals surface area contributed by atoms with E-state index in [0.717, 1.165) is 37.9 Å². The van der Waals surface area contributed by atoms with Gasteiger partial charge in [0.15, 0.2) is 0 Å². The molecule has 0 spiro atoms. The van der Waals surface area contributed by atoms with Gasteiger partial charge in [0.25, 0.3) is 11.6 Å². The lowest BCUT2D eigenvalue weighted by Gasteiger charge is -2.34. The molecule has 2 atom stereocenters. The SMILES string of the molecule is C[C@@H]1C[C@@H](C)CN(CCCNC(=O)c2ccc([N+](=O)[O-])cc2Cl)C1. The zero-order chi connectivity index (χ0) is 17.7. The summed E-state index contributed by atoms with van der Waals surface area (Å²) in [5, 5.41) is 13.6. The maximum Gasteiger partial charge on any atom is 0.270 e. The van der Waals surface area contributed by atoms with E-state index in [2.05, 4.69) is 24.1 Å². The first-order chi connectivity index (χ1) is 11.4. The summed E-state index contributed by atoms with van der Waals surface area (Å²) in [4.78, 5) is 24.7. The number of halogens is 1. The van der Waals surface area contributed by atoms with Crippen LogP contribution < -0.4 is 5.32 Å². The van der Waals surface area contributed by atoms with E-state index in [9.17, 15) is 14.9 Å². The van der Waals surface area contributed by atoms with Crippen molar-refractivity contribution in [3.05, 3.63) is 38.9 Å². The van der Waals surface area contributed by atoms with E-state index in [4.69, 9.17) is 11.6 Å². The monoisotopic (exact) mass is 353 g/mol. The van der Waals surface area contributed by atoms with Crippen molar-refractivity contribution in [3.63, 3.8) is 0 Å². The first kappa shape index (κ1) is 18.7. The highest BCUT2D eigenvalue weighted by Gasteiger charge is 2.21. The molecule has 1 N–H and O–H groups in total. The molecule has 0 bridgehead atoms. The molecule has 0 radical (unpaired) electrons. The van der Waals surface area contributed by atoms with Crippen molar-refractivity contribution in [3.8, 4) is 0 Å². The van der Waals surface area contributed by atoms with Crippen LogP contribution in [0.4, 0.5) is 5.69 Å². The molecule has 1 heterocycles. The molecule has 0 unspecified atom stereocenters. The van der Waals surface area contributed by atoms with Gasteiger partial charge in [-0.2, -0.15) is 0 Å². The highest BCUT2D eigenvalue weighted by atomic mass is 35.5. The van der Waals surface area contributed by atoms with Gasteiger partial charge in [0.1, 0.15) is 0 Å². The predicted molar refractivity (Wildman–Crippen MR) is 94.4 cm³/mol. The second-order valence-electron chi connectivity index (χ2n) is 6.74. The molecular formula is C17H24ClN3O3. The van der Waals surface area contributed by atoms with E-state index in [1.54, 1.807) is 0 Å². The number of carbonyl (C=O) groups excluding carboxylic acids is 1. The van der Waals surface area contributed by atoms with Gasteiger partial charge in [-0.1, -0.05) is 25.4 Å². The largest absolute Gasteiger partial charge is 0.352 e. The zero-order valence-electron chi connectivity index (χ0n) is 14.1. The van der Waals surface area contributed by atoms with Crippen molar-refractivity contribution in [2.24, 2.45) is 11.8 Å². The number of non-ortho nitro benzene ring substituents is 1. The van der Waals surface area contributed by atoms with Crippen LogP contribution in [0.1, 0.15) is 37.0 Å². The number of nitrogens with one attached hydrogen (secondary N) is 1. The molecule has 6 nitrogen and oxygen atoms in total. The maximum atomic E-state index is 12.1. The Morgan fingerprint density at radius 3 is 2.62 bits per heavy atom. The molecule has 0 saturated carbocycles. The Bertz CT molecular complexity index is 599. The third kappa shape index (κ3) is 5.18. The smallest absolute Gasteiger partial charge is 0.270 e. The third-order valence-corrected chi connectivity index (χ3v) is 4.60. The van der Waals surface area contributed by atoms with Gasteiger partial charge in [0, 0.05) is 31.8 Å². The van der Waals surface area contributed by atoms with Gasteiger partial charge < -0.3 is 10.2 Å². The number of rotatable bonds is 6. The number of nitro groups is 1. The molecule has 132 valence electrons. The molecule has 1 aliphatic rings. The lowest BCUT2D eigenvalue weighted by Crippen LogP contribution is -2.40. The van der Waals surface area contributed by atoms with Gasteiger partial charge in [-0.15, -0.1) is 0 Å². The average molecular weight is 354 g/mol. The number of nitro benzene ring substituents is 1. The fraction of sp³-hybridized carbons (Fsp3) is 0.588. The van der Waals surface area contributed by atoms with Crippen LogP contribution >= 0.6 is 11.6 Å². The summed E-state index contributed by atoms with van der Waals surface area (Å²) < 4.78 is 0. The van der Waals surface area contributed by atoms with E-state index in [-0.39, 0.29) is 22.2 Å². The maximum absolute atomic E-state index is 12.1. The second-order valence-corrected chi connectivity index (χ2v) is 7.14. The molecule has 1 aliphatic heterocycles. The molecular weight excluding hydrogens is 330 g/mol. The average Bonchev–Trinajstić information content (AvgIpc) is 2.50. The number of likely N-dealkylation sites (tertiary alicyclic amines) is 1. The Morgan fingerprint density at radius 2 is 2.04 bits per heavy atom. The van der Waals surface area contributed by atoms with Crippen LogP contribution in [0.2, 0.25) is 5.02 Å². The van der Waals surface area contributed by atoms with Gasteiger partial charge in [0.2, 0.25) is 0 Å². The molecule has 1 amide bonds. The summed E-state index contributed by atoms with van der Waals surface area (Å²) >= 11 is 5.96. The second kappa shape index (κ2) is 8.44. The first-order valence-corrected chi connectivity index (χ1v) is 8.69. The van der Waals surface area contributed by atoms with Crippen LogP contribution in [-0.4, -0.2) is 41.9 Å². The van der Waals surface area contributed by atoms with Crippen LogP contribution in [0, 0.1) is 22.0 Å². The van der Waals surface area contributed by atoms with Crippen molar-refractivity contribution in [1.29, 1.82) is 0 Å². The molecule has 1 fully saturated rings. The number of nitrogens with zero attached hydrogens (tertiary/aromatic N) is 2. The van der Waals surface area contributed by atoms with E-state index in [1.807, 2.05) is 0 Å². The molecule has 0 aliphatic carbocycles. The van der Waals surface area contributed by atoms with E-state index in [0.29, 0.717) is 6.54 Å². The highest BCUT2D eigenvalue weighted by Crippen LogP contribution is 2.22. The third-order valence-electron chi connectivity index (χ3n) is 4.29. The lowest BCUT2D eigenvalue weighted by molar-refractivity contribution is -0.384. The summed E-state index contributed by atoms with van der Waals surface area (Å²) in [5.41, 5.74) is 0.146. The molecule has 24 heavy (non-hydrogen) atoms. The standard InChI is InChI=1S/C17H24ClN3O3/c1-12-8-13(2)11-20(10-12)7-3-6-19-17(22)15-5-4-14(21(23)24)9-16(15)18/h4-5,9,12-13H,3,6-8,10-11H2,1-2H3,(H,19,22)/t12-,13-/m1/s1. The van der Waals surface area contributed by atoms with Crippen LogP contribution in [0.25, 0.3) is 0 Å². The van der Waals surface area contributed by atoms with Crippen molar-refractivity contribution in [1.82, 2.24) is 10.2 Å². The molecule has 7 heteroatoms. The molecule has 1 aromatic rings. The van der Waals surface area contributed by atoms with Crippen molar-refractivity contribution >= 4 is 23.2 Å². The lowest BCUT2D eigenvalue weighted by atomic mass is 9.92.